The van der Waals surface area contributed by atoms with Gasteiger partial charge in [0.1, 0.15) is 0 Å². The molecule has 0 amide bonds. The summed E-state index contributed by atoms with van der Waals surface area (Å²) in [6, 6.07) is 2.96. The van der Waals surface area contributed by atoms with E-state index in [9.17, 15) is 0 Å². The van der Waals surface area contributed by atoms with E-state index < -0.39 is 0 Å². The van der Waals surface area contributed by atoms with Crippen LogP contribution in [0.2, 0.25) is 0 Å². The van der Waals surface area contributed by atoms with Gasteiger partial charge >= 0.3 is 0 Å². The fourth-order valence-corrected chi connectivity index (χ4v) is 3.82. The summed E-state index contributed by atoms with van der Waals surface area (Å²) in [6.07, 6.45) is 11.9. The van der Waals surface area contributed by atoms with E-state index in [0.717, 1.165) is 24.8 Å². The van der Waals surface area contributed by atoms with Crippen molar-refractivity contribution in [2.24, 2.45) is 17.8 Å². The Morgan fingerprint density at radius 2 is 1.94 bits per heavy atom. The van der Waals surface area contributed by atoms with Crippen molar-refractivity contribution in [3.63, 3.8) is 0 Å². The van der Waals surface area contributed by atoms with Crippen molar-refractivity contribution in [3.8, 4) is 6.07 Å². The molecule has 0 bridgehead atoms. The molecule has 2 aliphatic rings. The van der Waals surface area contributed by atoms with E-state index in [1.54, 1.807) is 0 Å². The standard InChI is InChI=1S/C16H28N2/c1-13-5-4-6-14(11-13)9-10-18-16-8-3-2-7-15(16)12-17/h13-16,18H,2-11H2,1H3. The predicted octanol–water partition coefficient (Wildman–Crippen LogP) is 3.87. The van der Waals surface area contributed by atoms with Crippen LogP contribution in [0.4, 0.5) is 0 Å². The van der Waals surface area contributed by atoms with Gasteiger partial charge in [-0.05, 0) is 44.1 Å². The summed E-state index contributed by atoms with van der Waals surface area (Å²) in [4.78, 5) is 0. The first-order chi connectivity index (χ1) is 8.79. The molecule has 4 atom stereocenters. The molecule has 0 aromatic rings. The zero-order valence-corrected chi connectivity index (χ0v) is 11.8. The molecule has 0 aromatic carbocycles. The summed E-state index contributed by atoms with van der Waals surface area (Å²) in [5, 5.41) is 12.8. The van der Waals surface area contributed by atoms with Crippen molar-refractivity contribution in [2.45, 2.75) is 70.8 Å². The van der Waals surface area contributed by atoms with Crippen LogP contribution in [-0.2, 0) is 0 Å². The molecule has 18 heavy (non-hydrogen) atoms. The number of hydrogen-bond acceptors (Lipinski definition) is 2. The highest BCUT2D eigenvalue weighted by Gasteiger charge is 2.25. The molecule has 2 fully saturated rings. The normalized spacial score (nSPS) is 37.1. The molecule has 0 radical (unpaired) electrons. The lowest BCUT2D eigenvalue weighted by Crippen LogP contribution is -2.39. The summed E-state index contributed by atoms with van der Waals surface area (Å²) in [5.41, 5.74) is 0. The molecule has 4 unspecified atom stereocenters. The molecule has 0 saturated heterocycles. The molecule has 2 nitrogen and oxygen atoms in total. The second-order valence-electron chi connectivity index (χ2n) is 6.51. The average Bonchev–Trinajstić information content (AvgIpc) is 2.39. The van der Waals surface area contributed by atoms with Gasteiger partial charge in [-0.1, -0.05) is 39.0 Å². The lowest BCUT2D eigenvalue weighted by molar-refractivity contribution is 0.252. The van der Waals surface area contributed by atoms with Crippen LogP contribution < -0.4 is 5.32 Å². The molecule has 2 heteroatoms. The number of rotatable bonds is 4. The lowest BCUT2D eigenvalue weighted by Gasteiger charge is -2.30. The van der Waals surface area contributed by atoms with Crippen LogP contribution in [0.25, 0.3) is 0 Å². The van der Waals surface area contributed by atoms with Crippen LogP contribution in [0, 0.1) is 29.1 Å². The summed E-state index contributed by atoms with van der Waals surface area (Å²) in [7, 11) is 0. The third kappa shape index (κ3) is 3.99. The van der Waals surface area contributed by atoms with Gasteiger partial charge in [-0.3, -0.25) is 0 Å². The van der Waals surface area contributed by atoms with Gasteiger partial charge < -0.3 is 5.32 Å². The minimum absolute atomic E-state index is 0.268. The first kappa shape index (κ1) is 13.9. The van der Waals surface area contributed by atoms with Crippen molar-refractivity contribution in [3.05, 3.63) is 0 Å². The second-order valence-corrected chi connectivity index (χ2v) is 6.51. The molecule has 0 aliphatic heterocycles. The Hall–Kier alpha value is -0.550. The van der Waals surface area contributed by atoms with E-state index in [1.807, 2.05) is 0 Å². The maximum atomic E-state index is 9.15. The Kier molecular flexibility index (Phi) is 5.50. The van der Waals surface area contributed by atoms with Gasteiger partial charge in [-0.15, -0.1) is 0 Å². The number of nitrogens with one attached hydrogen (secondary N) is 1. The summed E-state index contributed by atoms with van der Waals surface area (Å²) >= 11 is 0. The Morgan fingerprint density at radius 1 is 1.11 bits per heavy atom. The molecule has 1 N–H and O–H groups in total. The minimum Gasteiger partial charge on any atom is -0.313 e. The molecule has 2 saturated carbocycles. The third-order valence-electron chi connectivity index (χ3n) is 4.94. The first-order valence-corrected chi connectivity index (χ1v) is 7.92. The average molecular weight is 248 g/mol. The van der Waals surface area contributed by atoms with Crippen molar-refractivity contribution >= 4 is 0 Å². The van der Waals surface area contributed by atoms with Gasteiger partial charge in [0.25, 0.3) is 0 Å². The maximum absolute atomic E-state index is 9.15. The predicted molar refractivity (Wildman–Crippen MR) is 75.1 cm³/mol. The molecule has 0 heterocycles. The van der Waals surface area contributed by atoms with Crippen molar-refractivity contribution in [2.75, 3.05) is 6.54 Å². The molecule has 0 aromatic heterocycles. The monoisotopic (exact) mass is 248 g/mol. The Bertz CT molecular complexity index is 281. The first-order valence-electron chi connectivity index (χ1n) is 7.92. The fraction of sp³-hybridized carbons (Fsp3) is 0.938. The second kappa shape index (κ2) is 7.14. The largest absolute Gasteiger partial charge is 0.313 e. The van der Waals surface area contributed by atoms with Crippen LogP contribution in [0.15, 0.2) is 0 Å². The Balaban J connectivity index is 1.66. The molecular formula is C16H28N2. The number of nitriles is 1. The van der Waals surface area contributed by atoms with E-state index >= 15 is 0 Å². The highest BCUT2D eigenvalue weighted by atomic mass is 14.9. The molecule has 2 rings (SSSR count). The van der Waals surface area contributed by atoms with E-state index in [1.165, 1.54) is 51.4 Å². The van der Waals surface area contributed by atoms with Gasteiger partial charge in [0.2, 0.25) is 0 Å². The fourth-order valence-electron chi connectivity index (χ4n) is 3.82. The van der Waals surface area contributed by atoms with E-state index in [4.69, 9.17) is 5.26 Å². The van der Waals surface area contributed by atoms with E-state index in [2.05, 4.69) is 18.3 Å². The summed E-state index contributed by atoms with van der Waals surface area (Å²) < 4.78 is 0. The molecule has 0 spiro atoms. The highest BCUT2D eigenvalue weighted by molar-refractivity contribution is 4.94. The Labute approximate surface area is 112 Å². The smallest absolute Gasteiger partial charge is 0.0672 e. The van der Waals surface area contributed by atoms with Gasteiger partial charge in [0.05, 0.1) is 12.0 Å². The zero-order chi connectivity index (χ0) is 12.8. The quantitative estimate of drug-likeness (QED) is 0.819. The van der Waals surface area contributed by atoms with E-state index in [-0.39, 0.29) is 5.92 Å². The van der Waals surface area contributed by atoms with Gasteiger partial charge in [0.15, 0.2) is 0 Å². The minimum atomic E-state index is 0.268. The van der Waals surface area contributed by atoms with Crippen molar-refractivity contribution < 1.29 is 0 Å². The summed E-state index contributed by atoms with van der Waals surface area (Å²) in [6.45, 7) is 3.52. The Morgan fingerprint density at radius 3 is 2.72 bits per heavy atom. The molecular weight excluding hydrogens is 220 g/mol. The SMILES string of the molecule is CC1CCCC(CCNC2CCCCC2C#N)C1. The topological polar surface area (TPSA) is 35.8 Å². The van der Waals surface area contributed by atoms with Crippen molar-refractivity contribution in [1.29, 1.82) is 5.26 Å². The van der Waals surface area contributed by atoms with Crippen molar-refractivity contribution in [1.82, 2.24) is 5.32 Å². The van der Waals surface area contributed by atoms with Gasteiger partial charge in [-0.25, -0.2) is 0 Å². The maximum Gasteiger partial charge on any atom is 0.0672 e. The zero-order valence-electron chi connectivity index (χ0n) is 11.8. The van der Waals surface area contributed by atoms with Crippen LogP contribution in [-0.4, -0.2) is 12.6 Å². The highest BCUT2D eigenvalue weighted by Crippen LogP contribution is 2.30. The third-order valence-corrected chi connectivity index (χ3v) is 4.94. The van der Waals surface area contributed by atoms with Crippen LogP contribution in [0.5, 0.6) is 0 Å². The number of nitrogens with zero attached hydrogens (tertiary/aromatic N) is 1. The molecule has 102 valence electrons. The summed E-state index contributed by atoms with van der Waals surface area (Å²) in [5.74, 6) is 2.14. The number of hydrogen-bond donors (Lipinski definition) is 1. The van der Waals surface area contributed by atoms with Crippen LogP contribution in [0.1, 0.15) is 64.7 Å². The van der Waals surface area contributed by atoms with E-state index in [0.29, 0.717) is 6.04 Å². The molecule has 2 aliphatic carbocycles. The lowest BCUT2D eigenvalue weighted by atomic mass is 9.80. The van der Waals surface area contributed by atoms with Crippen LogP contribution >= 0.6 is 0 Å². The van der Waals surface area contributed by atoms with Crippen LogP contribution in [0.3, 0.4) is 0 Å². The van der Waals surface area contributed by atoms with Gasteiger partial charge in [0, 0.05) is 6.04 Å². The van der Waals surface area contributed by atoms with Gasteiger partial charge in [-0.2, -0.15) is 5.26 Å².